The SMILES string of the molecule is O=C(c1ccco1)N1CCSC2(CCCCC2)C1. The lowest BCUT2D eigenvalue weighted by Gasteiger charge is -2.44. The smallest absolute Gasteiger partial charge is 0.289 e. The molecule has 1 saturated heterocycles. The summed E-state index contributed by atoms with van der Waals surface area (Å²) in [7, 11) is 0. The molecule has 0 bridgehead atoms. The number of rotatable bonds is 1. The van der Waals surface area contributed by atoms with Gasteiger partial charge < -0.3 is 9.32 Å². The van der Waals surface area contributed by atoms with Gasteiger partial charge in [0.15, 0.2) is 5.76 Å². The highest BCUT2D eigenvalue weighted by Gasteiger charge is 2.39. The van der Waals surface area contributed by atoms with Crippen LogP contribution in [0.1, 0.15) is 42.7 Å². The van der Waals surface area contributed by atoms with Crippen molar-refractivity contribution < 1.29 is 9.21 Å². The normalized spacial score (nSPS) is 23.2. The molecule has 2 aliphatic rings. The molecule has 0 aromatic carbocycles. The third kappa shape index (κ3) is 2.30. The van der Waals surface area contributed by atoms with Crippen molar-refractivity contribution in [2.24, 2.45) is 0 Å². The third-order valence-electron chi connectivity index (χ3n) is 4.03. The van der Waals surface area contributed by atoms with Gasteiger partial charge in [-0.25, -0.2) is 0 Å². The number of furan rings is 1. The number of hydrogen-bond donors (Lipinski definition) is 0. The molecule has 1 spiro atoms. The summed E-state index contributed by atoms with van der Waals surface area (Å²) in [6, 6.07) is 3.54. The molecule has 2 heterocycles. The zero-order valence-corrected chi connectivity index (χ0v) is 11.4. The van der Waals surface area contributed by atoms with E-state index in [1.54, 1.807) is 18.4 Å². The van der Waals surface area contributed by atoms with Crippen molar-refractivity contribution >= 4 is 17.7 Å². The summed E-state index contributed by atoms with van der Waals surface area (Å²) in [6.07, 6.45) is 8.08. The minimum Gasteiger partial charge on any atom is -0.459 e. The fraction of sp³-hybridized carbons (Fsp3) is 0.643. The Balaban J connectivity index is 1.72. The van der Waals surface area contributed by atoms with Crippen molar-refractivity contribution in [3.8, 4) is 0 Å². The van der Waals surface area contributed by atoms with Gasteiger partial charge in [-0.15, -0.1) is 0 Å². The fourth-order valence-corrected chi connectivity index (χ4v) is 4.64. The predicted octanol–water partition coefficient (Wildman–Crippen LogP) is 3.17. The van der Waals surface area contributed by atoms with Crippen LogP contribution in [0.25, 0.3) is 0 Å². The molecule has 1 aromatic rings. The Kier molecular flexibility index (Phi) is 3.37. The molecule has 1 aliphatic heterocycles. The number of amides is 1. The highest BCUT2D eigenvalue weighted by molar-refractivity contribution is 8.00. The van der Waals surface area contributed by atoms with Crippen molar-refractivity contribution in [2.45, 2.75) is 36.9 Å². The van der Waals surface area contributed by atoms with E-state index in [0.29, 0.717) is 10.5 Å². The first-order valence-corrected chi connectivity index (χ1v) is 7.74. The molecule has 2 fully saturated rings. The number of thioether (sulfide) groups is 1. The molecule has 18 heavy (non-hydrogen) atoms. The number of carbonyl (C=O) groups excluding carboxylic acids is 1. The Morgan fingerprint density at radius 1 is 1.33 bits per heavy atom. The van der Waals surface area contributed by atoms with Crippen LogP contribution in [0.15, 0.2) is 22.8 Å². The Morgan fingerprint density at radius 2 is 2.17 bits per heavy atom. The second kappa shape index (κ2) is 5.00. The third-order valence-corrected chi connectivity index (χ3v) is 5.57. The predicted molar refractivity (Wildman–Crippen MR) is 72.9 cm³/mol. The zero-order chi connectivity index (χ0) is 12.4. The van der Waals surface area contributed by atoms with Gasteiger partial charge in [0.25, 0.3) is 5.91 Å². The standard InChI is InChI=1S/C14H19NO2S/c16-13(12-5-4-9-17-12)15-8-10-18-14(11-15)6-2-1-3-7-14/h4-5,9H,1-3,6-8,10-11H2. The van der Waals surface area contributed by atoms with E-state index in [4.69, 9.17) is 4.42 Å². The van der Waals surface area contributed by atoms with Crippen LogP contribution in [0.5, 0.6) is 0 Å². The van der Waals surface area contributed by atoms with E-state index in [0.717, 1.165) is 18.8 Å². The Morgan fingerprint density at radius 3 is 2.89 bits per heavy atom. The Labute approximate surface area is 112 Å². The molecule has 0 radical (unpaired) electrons. The largest absolute Gasteiger partial charge is 0.459 e. The van der Waals surface area contributed by atoms with Crippen molar-refractivity contribution in [1.29, 1.82) is 0 Å². The van der Waals surface area contributed by atoms with Crippen LogP contribution in [0, 0.1) is 0 Å². The highest BCUT2D eigenvalue weighted by atomic mass is 32.2. The molecule has 0 atom stereocenters. The molecule has 3 nitrogen and oxygen atoms in total. The van der Waals surface area contributed by atoms with E-state index >= 15 is 0 Å². The van der Waals surface area contributed by atoms with Crippen LogP contribution in [-0.2, 0) is 0 Å². The lowest BCUT2D eigenvalue weighted by Crippen LogP contribution is -2.49. The number of hydrogen-bond acceptors (Lipinski definition) is 3. The molecule has 0 unspecified atom stereocenters. The first kappa shape index (κ1) is 12.2. The maximum atomic E-state index is 12.3. The van der Waals surface area contributed by atoms with Gasteiger partial charge in [-0.1, -0.05) is 19.3 Å². The number of carbonyl (C=O) groups is 1. The second-order valence-corrected chi connectivity index (χ2v) is 6.86. The van der Waals surface area contributed by atoms with E-state index in [1.165, 1.54) is 32.1 Å². The monoisotopic (exact) mass is 265 g/mol. The van der Waals surface area contributed by atoms with Crippen LogP contribution >= 0.6 is 11.8 Å². The summed E-state index contributed by atoms with van der Waals surface area (Å²) in [4.78, 5) is 14.3. The van der Waals surface area contributed by atoms with Gasteiger partial charge in [-0.2, -0.15) is 11.8 Å². The molecule has 1 aliphatic carbocycles. The van der Waals surface area contributed by atoms with Crippen molar-refractivity contribution in [3.05, 3.63) is 24.2 Å². The molecular formula is C14H19NO2S. The van der Waals surface area contributed by atoms with Crippen LogP contribution in [0.2, 0.25) is 0 Å². The second-order valence-electron chi connectivity index (χ2n) is 5.30. The van der Waals surface area contributed by atoms with Crippen LogP contribution < -0.4 is 0 Å². The summed E-state index contributed by atoms with van der Waals surface area (Å²) in [5.41, 5.74) is 0. The molecule has 3 rings (SSSR count). The van der Waals surface area contributed by atoms with E-state index in [1.807, 2.05) is 4.90 Å². The average Bonchev–Trinajstić information content (AvgIpc) is 2.93. The van der Waals surface area contributed by atoms with Gasteiger partial charge in [0.1, 0.15) is 0 Å². The van der Waals surface area contributed by atoms with E-state index in [2.05, 4.69) is 11.8 Å². The highest BCUT2D eigenvalue weighted by Crippen LogP contribution is 2.42. The fourth-order valence-electron chi connectivity index (χ4n) is 3.07. The molecule has 4 heteroatoms. The summed E-state index contributed by atoms with van der Waals surface area (Å²) < 4.78 is 5.56. The first-order chi connectivity index (χ1) is 8.79. The van der Waals surface area contributed by atoms with Gasteiger partial charge in [0.2, 0.25) is 0 Å². The lowest BCUT2D eigenvalue weighted by atomic mass is 9.87. The summed E-state index contributed by atoms with van der Waals surface area (Å²) >= 11 is 2.08. The van der Waals surface area contributed by atoms with Crippen molar-refractivity contribution in [3.63, 3.8) is 0 Å². The molecular weight excluding hydrogens is 246 g/mol. The Hall–Kier alpha value is -0.900. The Bertz CT molecular complexity index is 404. The maximum Gasteiger partial charge on any atom is 0.289 e. The van der Waals surface area contributed by atoms with Gasteiger partial charge in [-0.05, 0) is 25.0 Å². The zero-order valence-electron chi connectivity index (χ0n) is 10.6. The van der Waals surface area contributed by atoms with Crippen LogP contribution in [0.3, 0.4) is 0 Å². The van der Waals surface area contributed by atoms with Crippen molar-refractivity contribution in [1.82, 2.24) is 4.90 Å². The topological polar surface area (TPSA) is 33.5 Å². The quantitative estimate of drug-likeness (QED) is 0.782. The molecule has 1 amide bonds. The van der Waals surface area contributed by atoms with E-state index in [9.17, 15) is 4.79 Å². The first-order valence-electron chi connectivity index (χ1n) is 6.76. The van der Waals surface area contributed by atoms with Crippen LogP contribution in [-0.4, -0.2) is 34.4 Å². The van der Waals surface area contributed by atoms with Gasteiger partial charge >= 0.3 is 0 Å². The minimum atomic E-state index is 0.0604. The number of nitrogens with zero attached hydrogens (tertiary/aromatic N) is 1. The molecule has 0 N–H and O–H groups in total. The maximum absolute atomic E-state index is 12.3. The summed E-state index contributed by atoms with van der Waals surface area (Å²) in [5.74, 6) is 1.60. The van der Waals surface area contributed by atoms with E-state index in [-0.39, 0.29) is 5.91 Å². The van der Waals surface area contributed by atoms with Gasteiger partial charge in [0.05, 0.1) is 6.26 Å². The average molecular weight is 265 g/mol. The van der Waals surface area contributed by atoms with Crippen LogP contribution in [0.4, 0.5) is 0 Å². The lowest BCUT2D eigenvalue weighted by molar-refractivity contribution is 0.0698. The van der Waals surface area contributed by atoms with Gasteiger partial charge in [0, 0.05) is 23.6 Å². The van der Waals surface area contributed by atoms with Crippen molar-refractivity contribution in [2.75, 3.05) is 18.8 Å². The molecule has 1 saturated carbocycles. The summed E-state index contributed by atoms with van der Waals surface area (Å²) in [5, 5.41) is 0. The van der Waals surface area contributed by atoms with Gasteiger partial charge in [-0.3, -0.25) is 4.79 Å². The minimum absolute atomic E-state index is 0.0604. The summed E-state index contributed by atoms with van der Waals surface area (Å²) in [6.45, 7) is 1.75. The van der Waals surface area contributed by atoms with E-state index < -0.39 is 0 Å². The molecule has 98 valence electrons. The molecule has 1 aromatic heterocycles.